The number of allylic oxidation sites excluding steroid dienone is 1. The van der Waals surface area contributed by atoms with E-state index >= 15 is 0 Å². The van der Waals surface area contributed by atoms with Gasteiger partial charge in [0.25, 0.3) is 11.5 Å². The molecule has 0 fully saturated rings. The van der Waals surface area contributed by atoms with Crippen LogP contribution in [0, 0.1) is 0 Å². The first-order chi connectivity index (χ1) is 10.1. The molecule has 5 nitrogen and oxygen atoms in total. The topological polar surface area (TPSA) is 60.3 Å². The van der Waals surface area contributed by atoms with Gasteiger partial charge in [-0.05, 0) is 36.6 Å². The van der Waals surface area contributed by atoms with Crippen LogP contribution in [0.1, 0.15) is 17.4 Å². The lowest BCUT2D eigenvalue weighted by atomic mass is 10.1. The van der Waals surface area contributed by atoms with Crippen molar-refractivity contribution in [1.82, 2.24) is 9.88 Å². The van der Waals surface area contributed by atoms with E-state index in [9.17, 15) is 9.59 Å². The molecule has 1 N–H and O–H groups in total. The van der Waals surface area contributed by atoms with Crippen LogP contribution in [0.4, 0.5) is 0 Å². The van der Waals surface area contributed by atoms with E-state index in [2.05, 4.69) is 11.9 Å². The molecule has 2 rings (SSSR count). The van der Waals surface area contributed by atoms with Crippen molar-refractivity contribution in [2.24, 2.45) is 0 Å². The Kier molecular flexibility index (Phi) is 4.42. The SMILES string of the molecule is C=CCn1c(C(=O)NCC)cc2cc(OC)ccc2c1=O. The summed E-state index contributed by atoms with van der Waals surface area (Å²) >= 11 is 0. The highest BCUT2D eigenvalue weighted by molar-refractivity contribution is 5.97. The van der Waals surface area contributed by atoms with Gasteiger partial charge in [-0.1, -0.05) is 6.08 Å². The summed E-state index contributed by atoms with van der Waals surface area (Å²) in [5.41, 5.74) is 0.110. The van der Waals surface area contributed by atoms with Crippen molar-refractivity contribution in [2.45, 2.75) is 13.5 Å². The molecule has 0 bridgehead atoms. The third-order valence-electron chi connectivity index (χ3n) is 3.20. The lowest BCUT2D eigenvalue weighted by Gasteiger charge is -2.13. The Hall–Kier alpha value is -2.56. The van der Waals surface area contributed by atoms with Gasteiger partial charge in [-0.15, -0.1) is 6.58 Å². The minimum Gasteiger partial charge on any atom is -0.497 e. The lowest BCUT2D eigenvalue weighted by molar-refractivity contribution is 0.0946. The molecule has 1 aromatic heterocycles. The molecule has 0 radical (unpaired) electrons. The van der Waals surface area contributed by atoms with Crippen LogP contribution in [0.3, 0.4) is 0 Å². The molecule has 0 unspecified atom stereocenters. The molecule has 0 aliphatic carbocycles. The molecule has 5 heteroatoms. The van der Waals surface area contributed by atoms with Crippen LogP contribution in [0.25, 0.3) is 10.8 Å². The number of benzene rings is 1. The molecule has 0 spiro atoms. The Morgan fingerprint density at radius 2 is 2.19 bits per heavy atom. The number of hydrogen-bond donors (Lipinski definition) is 1. The van der Waals surface area contributed by atoms with Crippen LogP contribution in [0.5, 0.6) is 5.75 Å². The van der Waals surface area contributed by atoms with Crippen LogP contribution in [-0.2, 0) is 6.54 Å². The van der Waals surface area contributed by atoms with Crippen molar-refractivity contribution in [2.75, 3.05) is 13.7 Å². The maximum atomic E-state index is 12.5. The van der Waals surface area contributed by atoms with Gasteiger partial charge in [0.2, 0.25) is 0 Å². The van der Waals surface area contributed by atoms with E-state index in [1.165, 1.54) is 4.57 Å². The van der Waals surface area contributed by atoms with Crippen molar-refractivity contribution in [3.05, 3.63) is 53.0 Å². The first-order valence-corrected chi connectivity index (χ1v) is 6.73. The summed E-state index contributed by atoms with van der Waals surface area (Å²) in [6, 6.07) is 6.89. The molecule has 110 valence electrons. The molecule has 2 aromatic rings. The van der Waals surface area contributed by atoms with E-state index in [1.54, 1.807) is 37.5 Å². The van der Waals surface area contributed by atoms with Crippen LogP contribution in [0.2, 0.25) is 0 Å². The quantitative estimate of drug-likeness (QED) is 0.855. The van der Waals surface area contributed by atoms with E-state index in [0.29, 0.717) is 28.8 Å². The normalized spacial score (nSPS) is 10.4. The number of nitrogens with one attached hydrogen (secondary N) is 1. The summed E-state index contributed by atoms with van der Waals surface area (Å²) in [5, 5.41) is 3.95. The van der Waals surface area contributed by atoms with Gasteiger partial charge in [0, 0.05) is 18.5 Å². The Labute approximate surface area is 122 Å². The number of amides is 1. The number of methoxy groups -OCH3 is 1. The smallest absolute Gasteiger partial charge is 0.268 e. The molecular weight excluding hydrogens is 268 g/mol. The Balaban J connectivity index is 2.74. The Morgan fingerprint density at radius 3 is 2.81 bits per heavy atom. The van der Waals surface area contributed by atoms with Gasteiger partial charge in [-0.3, -0.25) is 14.2 Å². The van der Waals surface area contributed by atoms with Gasteiger partial charge in [-0.25, -0.2) is 0 Å². The molecule has 21 heavy (non-hydrogen) atoms. The molecule has 1 heterocycles. The summed E-state index contributed by atoms with van der Waals surface area (Å²) in [6.07, 6.45) is 1.60. The predicted octanol–water partition coefficient (Wildman–Crippen LogP) is 1.95. The minimum atomic E-state index is -0.277. The number of carbonyl (C=O) groups is 1. The predicted molar refractivity (Wildman–Crippen MR) is 83.0 cm³/mol. The number of fused-ring (bicyclic) bond motifs is 1. The van der Waals surface area contributed by atoms with E-state index in [0.717, 1.165) is 0 Å². The minimum absolute atomic E-state index is 0.212. The third kappa shape index (κ3) is 2.81. The van der Waals surface area contributed by atoms with E-state index in [-0.39, 0.29) is 18.0 Å². The second kappa shape index (κ2) is 6.26. The molecule has 0 aliphatic rings. The van der Waals surface area contributed by atoms with Crippen LogP contribution in [-0.4, -0.2) is 24.1 Å². The van der Waals surface area contributed by atoms with E-state index < -0.39 is 0 Å². The second-order valence-electron chi connectivity index (χ2n) is 4.55. The fourth-order valence-corrected chi connectivity index (χ4v) is 2.21. The molecule has 0 atom stereocenters. The summed E-state index contributed by atoms with van der Waals surface area (Å²) in [4.78, 5) is 24.7. The number of carbonyl (C=O) groups excluding carboxylic acids is 1. The zero-order valence-corrected chi connectivity index (χ0v) is 12.2. The molecule has 0 aliphatic heterocycles. The highest BCUT2D eigenvalue weighted by Gasteiger charge is 2.14. The van der Waals surface area contributed by atoms with Crippen LogP contribution < -0.4 is 15.6 Å². The summed E-state index contributed by atoms with van der Waals surface area (Å²) in [5.74, 6) is 0.367. The van der Waals surface area contributed by atoms with Gasteiger partial charge in [0.05, 0.1) is 7.11 Å². The average Bonchev–Trinajstić information content (AvgIpc) is 2.49. The van der Waals surface area contributed by atoms with Crippen molar-refractivity contribution in [1.29, 1.82) is 0 Å². The highest BCUT2D eigenvalue weighted by Crippen LogP contribution is 2.19. The number of ether oxygens (including phenoxy) is 1. The number of pyridine rings is 1. The summed E-state index contributed by atoms with van der Waals surface area (Å²) in [7, 11) is 1.56. The van der Waals surface area contributed by atoms with Gasteiger partial charge >= 0.3 is 0 Å². The maximum Gasteiger partial charge on any atom is 0.268 e. The molecule has 1 aromatic carbocycles. The third-order valence-corrected chi connectivity index (χ3v) is 3.20. The maximum absolute atomic E-state index is 12.5. The van der Waals surface area contributed by atoms with Gasteiger partial charge < -0.3 is 10.1 Å². The highest BCUT2D eigenvalue weighted by atomic mass is 16.5. The molecule has 0 saturated carbocycles. The number of hydrogen-bond acceptors (Lipinski definition) is 3. The average molecular weight is 286 g/mol. The molecular formula is C16H18N2O3. The molecule has 0 saturated heterocycles. The van der Waals surface area contributed by atoms with E-state index in [1.807, 2.05) is 6.92 Å². The Bertz CT molecular complexity index is 747. The Morgan fingerprint density at radius 1 is 1.43 bits per heavy atom. The van der Waals surface area contributed by atoms with Crippen molar-refractivity contribution >= 4 is 16.7 Å². The van der Waals surface area contributed by atoms with Crippen molar-refractivity contribution in [3.63, 3.8) is 0 Å². The standard InChI is InChI=1S/C16H18N2O3/c1-4-8-18-14(15(19)17-5-2)10-11-9-12(21-3)6-7-13(11)16(18)20/h4,6-7,9-10H,1,5,8H2,2-3H3,(H,17,19). The number of rotatable bonds is 5. The van der Waals surface area contributed by atoms with Crippen molar-refractivity contribution < 1.29 is 9.53 Å². The van der Waals surface area contributed by atoms with Gasteiger partial charge in [-0.2, -0.15) is 0 Å². The summed E-state index contributed by atoms with van der Waals surface area (Å²) in [6.45, 7) is 6.25. The number of nitrogens with zero attached hydrogens (tertiary/aromatic N) is 1. The van der Waals surface area contributed by atoms with E-state index in [4.69, 9.17) is 4.74 Å². The summed E-state index contributed by atoms with van der Waals surface area (Å²) < 4.78 is 6.59. The van der Waals surface area contributed by atoms with Crippen LogP contribution >= 0.6 is 0 Å². The lowest BCUT2D eigenvalue weighted by Crippen LogP contribution is -2.32. The monoisotopic (exact) mass is 286 g/mol. The zero-order chi connectivity index (χ0) is 15.4. The number of aromatic nitrogens is 1. The van der Waals surface area contributed by atoms with Gasteiger partial charge in [0.15, 0.2) is 0 Å². The first kappa shape index (κ1) is 14.8. The largest absolute Gasteiger partial charge is 0.497 e. The fourth-order valence-electron chi connectivity index (χ4n) is 2.21. The first-order valence-electron chi connectivity index (χ1n) is 6.73. The second-order valence-corrected chi connectivity index (χ2v) is 4.55. The fraction of sp³-hybridized carbons (Fsp3) is 0.250. The molecule has 1 amide bonds. The van der Waals surface area contributed by atoms with Gasteiger partial charge in [0.1, 0.15) is 11.4 Å². The van der Waals surface area contributed by atoms with Crippen molar-refractivity contribution in [3.8, 4) is 5.75 Å². The zero-order valence-electron chi connectivity index (χ0n) is 12.2. The van der Waals surface area contributed by atoms with Crippen LogP contribution in [0.15, 0.2) is 41.7 Å².